The van der Waals surface area contributed by atoms with E-state index in [1.54, 1.807) is 0 Å². The van der Waals surface area contributed by atoms with Crippen LogP contribution >= 0.6 is 34.3 Å². The molecule has 0 heterocycles. The fourth-order valence-electron chi connectivity index (χ4n) is 0.189. The first-order valence-electron chi connectivity index (χ1n) is 2.22. The lowest BCUT2D eigenvalue weighted by atomic mass is 10.4. The average molecular weight is 191 g/mol. The standard InChI is InChI=1S/C4H8Cl2.ClSi/c5-3-1-2-4-6;1-2/h1-4H2;. The first kappa shape index (κ1) is 11.8. The molecule has 0 bridgehead atoms. The van der Waals surface area contributed by atoms with Crippen molar-refractivity contribution < 1.29 is 0 Å². The van der Waals surface area contributed by atoms with Crippen LogP contribution in [0.3, 0.4) is 0 Å². The quantitative estimate of drug-likeness (QED) is 0.278. The van der Waals surface area contributed by atoms with E-state index in [9.17, 15) is 0 Å². The largest absolute Gasteiger partial charge is 0.174 e. The maximum Gasteiger partial charge on any atom is 0.174 e. The molecule has 0 aromatic rings. The van der Waals surface area contributed by atoms with Crippen LogP contribution in [0, 0.1) is 0 Å². The van der Waals surface area contributed by atoms with Crippen LogP contribution in [0.4, 0.5) is 0 Å². The zero-order chi connectivity index (χ0) is 6.83. The van der Waals surface area contributed by atoms with Crippen LogP contribution in [0.15, 0.2) is 0 Å². The SMILES string of the molecule is ClCCCCCl.[Si]Cl. The van der Waals surface area contributed by atoms with E-state index in [1.807, 2.05) is 0 Å². The predicted octanol–water partition coefficient (Wildman–Crippen LogP) is 2.55. The van der Waals surface area contributed by atoms with Crippen LogP contribution in [-0.4, -0.2) is 21.3 Å². The van der Waals surface area contributed by atoms with Crippen molar-refractivity contribution in [2.24, 2.45) is 0 Å². The number of hydrogen-bond donors (Lipinski definition) is 0. The van der Waals surface area contributed by atoms with E-state index in [0.717, 1.165) is 24.6 Å². The van der Waals surface area contributed by atoms with Crippen LogP contribution in [0.2, 0.25) is 0 Å². The molecule has 0 rings (SSSR count). The van der Waals surface area contributed by atoms with Crippen molar-refractivity contribution >= 4 is 43.8 Å². The van der Waals surface area contributed by atoms with Crippen LogP contribution in [0.25, 0.3) is 0 Å². The Morgan fingerprint density at radius 2 is 1.12 bits per heavy atom. The van der Waals surface area contributed by atoms with Gasteiger partial charge < -0.3 is 0 Å². The van der Waals surface area contributed by atoms with Gasteiger partial charge in [-0.2, -0.15) is 11.1 Å². The van der Waals surface area contributed by atoms with Crippen LogP contribution < -0.4 is 0 Å². The summed E-state index contributed by atoms with van der Waals surface area (Å²) in [5.41, 5.74) is 0. The molecule has 3 radical (unpaired) electrons. The van der Waals surface area contributed by atoms with E-state index in [-0.39, 0.29) is 0 Å². The first-order chi connectivity index (χ1) is 3.91. The molecule has 0 aliphatic rings. The van der Waals surface area contributed by atoms with Gasteiger partial charge in [-0.25, -0.2) is 0 Å². The zero-order valence-electron chi connectivity index (χ0n) is 4.46. The third-order valence-corrected chi connectivity index (χ3v) is 1.05. The minimum atomic E-state index is 0.743. The average Bonchev–Trinajstić information content (AvgIpc) is 1.88. The molecular weight excluding hydrogens is 182 g/mol. The third kappa shape index (κ3) is 15.7. The van der Waals surface area contributed by atoms with Crippen molar-refractivity contribution in [1.82, 2.24) is 0 Å². The Morgan fingerprint density at radius 1 is 0.875 bits per heavy atom. The van der Waals surface area contributed by atoms with E-state index in [2.05, 4.69) is 20.6 Å². The van der Waals surface area contributed by atoms with Gasteiger partial charge in [0.1, 0.15) is 0 Å². The molecule has 0 aliphatic heterocycles. The second-order valence-corrected chi connectivity index (χ2v) is 1.84. The lowest BCUT2D eigenvalue weighted by Gasteiger charge is -1.83. The number of unbranched alkanes of at least 4 members (excludes halogenated alkanes) is 1. The van der Waals surface area contributed by atoms with Crippen molar-refractivity contribution in [1.29, 1.82) is 0 Å². The van der Waals surface area contributed by atoms with Gasteiger partial charge in [-0.15, -0.1) is 23.2 Å². The number of alkyl halides is 2. The highest BCUT2D eigenvalue weighted by Crippen LogP contribution is 1.92. The van der Waals surface area contributed by atoms with Gasteiger partial charge in [0.15, 0.2) is 9.55 Å². The zero-order valence-corrected chi connectivity index (χ0v) is 7.73. The maximum atomic E-state index is 5.32. The van der Waals surface area contributed by atoms with Gasteiger partial charge in [0, 0.05) is 11.8 Å². The summed E-state index contributed by atoms with van der Waals surface area (Å²) in [5.74, 6) is 1.49. The summed E-state index contributed by atoms with van der Waals surface area (Å²) in [4.78, 5) is 0. The fraction of sp³-hybridized carbons (Fsp3) is 1.00. The summed E-state index contributed by atoms with van der Waals surface area (Å²) in [6.45, 7) is 0. The van der Waals surface area contributed by atoms with Crippen molar-refractivity contribution in [3.8, 4) is 0 Å². The Kier molecular flexibility index (Phi) is 23.2. The van der Waals surface area contributed by atoms with Crippen LogP contribution in [0.1, 0.15) is 12.8 Å². The van der Waals surface area contributed by atoms with Crippen molar-refractivity contribution in [2.45, 2.75) is 12.8 Å². The van der Waals surface area contributed by atoms with Gasteiger partial charge >= 0.3 is 0 Å². The highest BCUT2D eigenvalue weighted by Gasteiger charge is 1.78. The number of rotatable bonds is 3. The highest BCUT2D eigenvalue weighted by molar-refractivity contribution is 6.80. The van der Waals surface area contributed by atoms with Crippen molar-refractivity contribution in [3.63, 3.8) is 0 Å². The van der Waals surface area contributed by atoms with Crippen LogP contribution in [-0.2, 0) is 0 Å². The molecule has 8 heavy (non-hydrogen) atoms. The number of hydrogen-bond acceptors (Lipinski definition) is 0. The lowest BCUT2D eigenvalue weighted by molar-refractivity contribution is 0.899. The molecule has 0 fully saturated rings. The van der Waals surface area contributed by atoms with Gasteiger partial charge in [-0.1, -0.05) is 0 Å². The van der Waals surface area contributed by atoms with Gasteiger partial charge in [0.05, 0.1) is 0 Å². The highest BCUT2D eigenvalue weighted by atomic mass is 35.6. The molecule has 0 aliphatic carbocycles. The maximum absolute atomic E-state index is 5.32. The van der Waals surface area contributed by atoms with Crippen molar-refractivity contribution in [2.75, 3.05) is 11.8 Å². The molecule has 0 amide bonds. The minimum absolute atomic E-state index is 0.743. The molecule has 0 atom stereocenters. The summed E-state index contributed by atoms with van der Waals surface area (Å²) in [7, 11) is 2.44. The van der Waals surface area contributed by atoms with Gasteiger partial charge in [-0.3, -0.25) is 0 Å². The van der Waals surface area contributed by atoms with E-state index < -0.39 is 0 Å². The minimum Gasteiger partial charge on any atom is -0.174 e. The van der Waals surface area contributed by atoms with E-state index in [1.165, 1.54) is 0 Å². The summed E-state index contributed by atoms with van der Waals surface area (Å²) >= 11 is 15.1. The second-order valence-electron chi connectivity index (χ2n) is 1.09. The first-order valence-corrected chi connectivity index (χ1v) is 4.80. The molecule has 4 heteroatoms. The molecule has 0 N–H and O–H groups in total. The fourth-order valence-corrected chi connectivity index (χ4v) is 0.567. The lowest BCUT2D eigenvalue weighted by Crippen LogP contribution is -1.74. The molecule has 0 saturated heterocycles. The topological polar surface area (TPSA) is 0 Å². The van der Waals surface area contributed by atoms with Gasteiger partial charge in [0.2, 0.25) is 0 Å². The Labute approximate surface area is 68.6 Å². The molecule has 0 aromatic carbocycles. The van der Waals surface area contributed by atoms with Crippen molar-refractivity contribution in [3.05, 3.63) is 0 Å². The van der Waals surface area contributed by atoms with Crippen LogP contribution in [0.5, 0.6) is 0 Å². The van der Waals surface area contributed by atoms with E-state index >= 15 is 0 Å². The second kappa shape index (κ2) is 15.7. The Hall–Kier alpha value is 1.09. The summed E-state index contributed by atoms with van der Waals surface area (Å²) in [6, 6.07) is 0. The summed E-state index contributed by atoms with van der Waals surface area (Å²) in [5, 5.41) is 0. The molecule has 0 spiro atoms. The normalized spacial score (nSPS) is 7.50. The van der Waals surface area contributed by atoms with E-state index in [0.29, 0.717) is 0 Å². The number of halogens is 3. The summed E-state index contributed by atoms with van der Waals surface area (Å²) < 4.78 is 0. The molecule has 0 aromatic heterocycles. The summed E-state index contributed by atoms with van der Waals surface area (Å²) in [6.07, 6.45) is 2.09. The molecule has 49 valence electrons. The predicted molar refractivity (Wildman–Crippen MR) is 42.3 cm³/mol. The molecule has 0 nitrogen and oxygen atoms in total. The van der Waals surface area contributed by atoms with Gasteiger partial charge in [-0.05, 0) is 12.8 Å². The third-order valence-electron chi connectivity index (χ3n) is 0.517. The molecular formula is C4H8Cl3Si. The van der Waals surface area contributed by atoms with Gasteiger partial charge in [0.25, 0.3) is 0 Å². The molecule has 0 saturated carbocycles. The van der Waals surface area contributed by atoms with E-state index in [4.69, 9.17) is 23.2 Å². The Morgan fingerprint density at radius 3 is 1.25 bits per heavy atom. The smallest absolute Gasteiger partial charge is 0.174 e. The molecule has 0 unspecified atom stereocenters. The monoisotopic (exact) mass is 189 g/mol. The Bertz CT molecular complexity index is 23.2. The Balaban J connectivity index is 0.